The van der Waals surface area contributed by atoms with Gasteiger partial charge in [0.25, 0.3) is 0 Å². The zero-order valence-corrected chi connectivity index (χ0v) is 31.8. The lowest BCUT2D eigenvalue weighted by molar-refractivity contribution is -0.124. The van der Waals surface area contributed by atoms with E-state index in [-0.39, 0.29) is 42.6 Å². The summed E-state index contributed by atoms with van der Waals surface area (Å²) >= 11 is 3.20. The van der Waals surface area contributed by atoms with Gasteiger partial charge in [0.1, 0.15) is 12.6 Å². The highest BCUT2D eigenvalue weighted by Crippen LogP contribution is 2.23. The molecule has 276 valence electrons. The van der Waals surface area contributed by atoms with E-state index in [4.69, 9.17) is 14.5 Å². The van der Waals surface area contributed by atoms with Gasteiger partial charge in [-0.05, 0) is 30.7 Å². The third-order valence-corrected chi connectivity index (χ3v) is 10.8. The smallest absolute Gasteiger partial charge is 0.410 e. The number of hydrogen-bond donors (Lipinski definition) is 2. The normalized spacial score (nSPS) is 17.7. The second-order valence-electron chi connectivity index (χ2n) is 13.8. The van der Waals surface area contributed by atoms with Crippen molar-refractivity contribution in [3.63, 3.8) is 0 Å². The number of benzene rings is 1. The molecule has 3 unspecified atom stereocenters. The number of carbonyl (C=O) groups is 3. The molecule has 0 bridgehead atoms. The van der Waals surface area contributed by atoms with Crippen LogP contribution in [0.4, 0.5) is 9.59 Å². The number of nitrogens with one attached hydrogen (secondary N) is 2. The van der Waals surface area contributed by atoms with Crippen LogP contribution >= 0.6 is 23.1 Å². The minimum absolute atomic E-state index is 0.0338. The van der Waals surface area contributed by atoms with E-state index in [0.717, 1.165) is 34.3 Å². The molecule has 0 spiro atoms. The van der Waals surface area contributed by atoms with Gasteiger partial charge in [-0.25, -0.2) is 9.59 Å². The molecule has 2 aliphatic heterocycles. The summed E-state index contributed by atoms with van der Waals surface area (Å²) in [6.07, 6.45) is 2.87. The second kappa shape index (κ2) is 20.6. The van der Waals surface area contributed by atoms with Crippen molar-refractivity contribution < 1.29 is 23.9 Å². The predicted octanol–water partition coefficient (Wildman–Crippen LogP) is 4.76. The van der Waals surface area contributed by atoms with Crippen LogP contribution in [0.1, 0.15) is 51.0 Å². The van der Waals surface area contributed by atoms with Gasteiger partial charge in [0.15, 0.2) is 0 Å². The van der Waals surface area contributed by atoms with E-state index in [0.29, 0.717) is 64.6 Å². The molecule has 1 fully saturated rings. The molecule has 1 saturated heterocycles. The Kier molecular flexibility index (Phi) is 16.3. The number of thioether (sulfide) groups is 1. The lowest BCUT2D eigenvalue weighted by Gasteiger charge is -2.31. The van der Waals surface area contributed by atoms with Crippen LogP contribution in [0, 0.1) is 11.8 Å². The Morgan fingerprint density at radius 1 is 1.08 bits per heavy atom. The van der Waals surface area contributed by atoms with Gasteiger partial charge in [-0.3, -0.25) is 19.7 Å². The molecule has 1 aromatic heterocycles. The van der Waals surface area contributed by atoms with Gasteiger partial charge >= 0.3 is 12.1 Å². The molecule has 3 heterocycles. The molecule has 0 aliphatic carbocycles. The molecule has 1 aromatic carbocycles. The molecule has 0 saturated carbocycles. The minimum Gasteiger partial charge on any atom is -0.444 e. The van der Waals surface area contributed by atoms with Crippen LogP contribution in [0.25, 0.3) is 0 Å². The van der Waals surface area contributed by atoms with E-state index in [1.54, 1.807) is 40.3 Å². The summed E-state index contributed by atoms with van der Waals surface area (Å²) < 4.78 is 11.2. The molecule has 2 aliphatic rings. The van der Waals surface area contributed by atoms with Crippen molar-refractivity contribution in [3.05, 3.63) is 52.5 Å². The second-order valence-corrected chi connectivity index (χ2v) is 15.8. The van der Waals surface area contributed by atoms with Crippen molar-refractivity contribution in [2.45, 2.75) is 71.7 Å². The first kappa shape index (κ1) is 39.6. The zero-order chi connectivity index (χ0) is 35.9. The van der Waals surface area contributed by atoms with E-state index in [1.807, 2.05) is 30.3 Å². The fourth-order valence-electron chi connectivity index (χ4n) is 5.88. The maximum absolute atomic E-state index is 14.1. The SMILES string of the molecule is CC(C)CN(CCC(Cc1ccccc1)NC(=O)C(CCN1CCOCC1)NC(=O)N(C)CC1CSC(C(C)C)=N1)C(=O)OCc1cncs1. The molecule has 2 aromatic rings. The number of carbonyl (C=O) groups excluding carboxylic acids is 3. The molecular formula is C36H55N7O5S2. The average molecular weight is 730 g/mol. The lowest BCUT2D eigenvalue weighted by atomic mass is 10.0. The van der Waals surface area contributed by atoms with Gasteiger partial charge < -0.3 is 29.9 Å². The molecule has 12 nitrogen and oxygen atoms in total. The number of rotatable bonds is 18. The minimum atomic E-state index is -0.741. The quantitative estimate of drug-likeness (QED) is 0.225. The topological polar surface area (TPSA) is 129 Å². The summed E-state index contributed by atoms with van der Waals surface area (Å²) in [6.45, 7) is 13.5. The molecular weight excluding hydrogens is 675 g/mol. The number of aromatic nitrogens is 1. The van der Waals surface area contributed by atoms with Crippen molar-refractivity contribution in [3.8, 4) is 0 Å². The summed E-state index contributed by atoms with van der Waals surface area (Å²) in [6, 6.07) is 8.72. The lowest BCUT2D eigenvalue weighted by Crippen LogP contribution is -2.54. The van der Waals surface area contributed by atoms with Gasteiger partial charge in [-0.2, -0.15) is 0 Å². The Bertz CT molecular complexity index is 1360. The Labute approximate surface area is 305 Å². The highest BCUT2D eigenvalue weighted by molar-refractivity contribution is 8.14. The van der Waals surface area contributed by atoms with Crippen molar-refractivity contribution >= 4 is 46.2 Å². The number of aliphatic imine (C=N–C) groups is 1. The third kappa shape index (κ3) is 13.5. The van der Waals surface area contributed by atoms with Gasteiger partial charge in [0.05, 0.1) is 34.7 Å². The summed E-state index contributed by atoms with van der Waals surface area (Å²) in [5.41, 5.74) is 2.79. The van der Waals surface area contributed by atoms with Crippen LogP contribution in [0.15, 0.2) is 47.0 Å². The van der Waals surface area contributed by atoms with Crippen molar-refractivity contribution in [2.75, 3.05) is 65.3 Å². The Hall–Kier alpha value is -3.20. The first-order valence-electron chi connectivity index (χ1n) is 17.7. The van der Waals surface area contributed by atoms with Gasteiger partial charge in [-0.1, -0.05) is 58.0 Å². The van der Waals surface area contributed by atoms with Crippen LogP contribution in [0.2, 0.25) is 0 Å². The van der Waals surface area contributed by atoms with Crippen LogP contribution in [0.3, 0.4) is 0 Å². The van der Waals surface area contributed by atoms with E-state index < -0.39 is 6.04 Å². The number of hydrogen-bond acceptors (Lipinski definition) is 10. The maximum Gasteiger partial charge on any atom is 0.410 e. The van der Waals surface area contributed by atoms with E-state index in [2.05, 4.69) is 48.2 Å². The van der Waals surface area contributed by atoms with E-state index in [1.165, 1.54) is 11.3 Å². The number of ether oxygens (including phenoxy) is 2. The standard InChI is InChI=1S/C36H55N7O5S2/c1-26(2)21-43(36(46)48-23-31-20-37-25-50-31)14-11-29(19-28-9-7-6-8-10-28)38-33(44)32(12-13-42-15-17-47-18-16-42)40-35(45)41(5)22-30-24-49-34(39-30)27(3)4/h6-10,20,25-27,29-30,32H,11-19,21-24H2,1-5H3,(H,38,44)(H,40,45). The first-order valence-corrected chi connectivity index (χ1v) is 19.6. The van der Waals surface area contributed by atoms with E-state index >= 15 is 0 Å². The third-order valence-electron chi connectivity index (χ3n) is 8.59. The summed E-state index contributed by atoms with van der Waals surface area (Å²) in [5.74, 6) is 1.21. The van der Waals surface area contributed by atoms with E-state index in [9.17, 15) is 14.4 Å². The monoisotopic (exact) mass is 729 g/mol. The molecule has 4 rings (SSSR count). The van der Waals surface area contributed by atoms with Crippen molar-refractivity contribution in [2.24, 2.45) is 16.8 Å². The molecule has 14 heteroatoms. The van der Waals surface area contributed by atoms with Gasteiger partial charge in [0.2, 0.25) is 5.91 Å². The molecule has 50 heavy (non-hydrogen) atoms. The number of morpholine rings is 1. The Balaban J connectivity index is 1.44. The fraction of sp³-hybridized carbons (Fsp3) is 0.639. The molecule has 0 radical (unpaired) electrons. The Morgan fingerprint density at radius 2 is 1.84 bits per heavy atom. The number of likely N-dealkylation sites (N-methyl/N-ethyl adjacent to an activating group) is 1. The first-order chi connectivity index (χ1) is 24.1. The summed E-state index contributed by atoms with van der Waals surface area (Å²) in [5, 5.41) is 7.43. The van der Waals surface area contributed by atoms with Crippen LogP contribution in [0.5, 0.6) is 0 Å². The molecule has 3 atom stereocenters. The fourth-order valence-corrected chi connectivity index (χ4v) is 7.49. The summed E-state index contributed by atoms with van der Waals surface area (Å²) in [4.78, 5) is 56.2. The predicted molar refractivity (Wildman–Crippen MR) is 201 cm³/mol. The number of amides is 4. The highest BCUT2D eigenvalue weighted by atomic mass is 32.2. The number of thiazole rings is 1. The Morgan fingerprint density at radius 3 is 2.50 bits per heavy atom. The molecule has 4 amide bonds. The van der Waals surface area contributed by atoms with Crippen LogP contribution in [-0.2, 0) is 27.3 Å². The zero-order valence-electron chi connectivity index (χ0n) is 30.2. The number of nitrogens with zero attached hydrogens (tertiary/aromatic N) is 5. The summed E-state index contributed by atoms with van der Waals surface area (Å²) in [7, 11) is 1.76. The van der Waals surface area contributed by atoms with Gasteiger partial charge in [-0.15, -0.1) is 23.1 Å². The highest BCUT2D eigenvalue weighted by Gasteiger charge is 2.29. The number of urea groups is 1. The molecule has 2 N–H and O–H groups in total. The van der Waals surface area contributed by atoms with Crippen LogP contribution < -0.4 is 10.6 Å². The largest absolute Gasteiger partial charge is 0.444 e. The maximum atomic E-state index is 14.1. The van der Waals surface area contributed by atoms with Crippen molar-refractivity contribution in [1.29, 1.82) is 0 Å². The van der Waals surface area contributed by atoms with Crippen molar-refractivity contribution in [1.82, 2.24) is 30.3 Å². The van der Waals surface area contributed by atoms with Gasteiger partial charge in [0, 0.05) is 70.2 Å². The van der Waals surface area contributed by atoms with Crippen LogP contribution in [-0.4, -0.2) is 126 Å². The average Bonchev–Trinajstić information content (AvgIpc) is 3.81.